The first-order chi connectivity index (χ1) is 31.7. The van der Waals surface area contributed by atoms with Crippen LogP contribution in [0.5, 0.6) is 0 Å². The van der Waals surface area contributed by atoms with Crippen molar-refractivity contribution in [3.05, 3.63) is 264 Å². The highest BCUT2D eigenvalue weighted by atomic mass is 15.2. The lowest BCUT2D eigenvalue weighted by Crippen LogP contribution is -2.33. The summed E-state index contributed by atoms with van der Waals surface area (Å²) in [5, 5.41) is 0. The van der Waals surface area contributed by atoms with Gasteiger partial charge in [-0.1, -0.05) is 194 Å². The molecule has 3 unspecified atom stereocenters. The van der Waals surface area contributed by atoms with E-state index in [0.29, 0.717) is 0 Å². The number of aryl methyl sites for hydroxylation is 1. The van der Waals surface area contributed by atoms with E-state index >= 15 is 0 Å². The van der Waals surface area contributed by atoms with Gasteiger partial charge in [0.25, 0.3) is 0 Å². The quantitative estimate of drug-likeness (QED) is 0.136. The van der Waals surface area contributed by atoms with Gasteiger partial charge in [-0.25, -0.2) is 0 Å². The van der Waals surface area contributed by atoms with E-state index in [1.807, 2.05) is 0 Å². The standard InChI is InChI=1S/C62H52N2/c1-4-15-45(16-5-1)47-27-34-54(35-28-47)63(58-41-42-59(50-18-6-2-7-19-50)61(44-58)52-20-8-3-9-21-52)55-36-29-48(30-37-55)49-31-38-56(39-32-49)64(57-40-33-46-17-10-11-23-53(46)43-57)62-26-14-24-51-22-12-13-25-60(51)62/h1-8,10-11,13-20,23-42,44,57,59,61H,9,12,21-22,43H2. The zero-order valence-electron chi connectivity index (χ0n) is 36.2. The first kappa shape index (κ1) is 39.4. The van der Waals surface area contributed by atoms with Crippen LogP contribution in [0.2, 0.25) is 0 Å². The molecule has 7 aromatic rings. The number of anilines is 4. The highest BCUT2D eigenvalue weighted by Crippen LogP contribution is 2.44. The molecular weight excluding hydrogens is 773 g/mol. The predicted molar refractivity (Wildman–Crippen MR) is 271 cm³/mol. The highest BCUT2D eigenvalue weighted by Gasteiger charge is 2.29. The fourth-order valence-corrected chi connectivity index (χ4v) is 10.3. The van der Waals surface area contributed by atoms with Crippen molar-refractivity contribution >= 4 is 34.9 Å². The van der Waals surface area contributed by atoms with E-state index in [4.69, 9.17) is 0 Å². The van der Waals surface area contributed by atoms with Crippen molar-refractivity contribution < 1.29 is 0 Å². The van der Waals surface area contributed by atoms with Crippen molar-refractivity contribution in [2.75, 3.05) is 9.80 Å². The number of allylic oxidation sites excluding steroid dienone is 8. The zero-order valence-corrected chi connectivity index (χ0v) is 36.2. The molecule has 0 aliphatic heterocycles. The molecule has 0 amide bonds. The Balaban J connectivity index is 0.940. The number of fused-ring (bicyclic) bond motifs is 2. The molecule has 0 radical (unpaired) electrons. The predicted octanol–water partition coefficient (Wildman–Crippen LogP) is 16.0. The smallest absolute Gasteiger partial charge is 0.0566 e. The third kappa shape index (κ3) is 7.93. The Morgan fingerprint density at radius 3 is 1.78 bits per heavy atom. The van der Waals surface area contributed by atoms with Crippen LogP contribution in [0, 0.1) is 5.92 Å². The molecular formula is C62H52N2. The molecule has 0 heterocycles. The minimum absolute atomic E-state index is 0.200. The van der Waals surface area contributed by atoms with E-state index < -0.39 is 0 Å². The Morgan fingerprint density at radius 1 is 0.453 bits per heavy atom. The van der Waals surface area contributed by atoms with Crippen LogP contribution in [0.4, 0.5) is 22.7 Å². The van der Waals surface area contributed by atoms with Gasteiger partial charge in [0.15, 0.2) is 0 Å². The SMILES string of the molecule is C1=CCCC(C2C=C(N(c3ccc(-c4ccccc4)cc3)c3ccc(-c4ccc(N(c5cccc6c5C=CCC6)C5C=Cc6ccccc6C5)cc4)cc3)C=CC2c2ccccc2)=C1. The summed E-state index contributed by atoms with van der Waals surface area (Å²) >= 11 is 0. The molecule has 0 saturated carbocycles. The maximum Gasteiger partial charge on any atom is 0.0566 e. The van der Waals surface area contributed by atoms with Gasteiger partial charge in [-0.3, -0.25) is 0 Å². The molecule has 2 nitrogen and oxygen atoms in total. The molecule has 64 heavy (non-hydrogen) atoms. The van der Waals surface area contributed by atoms with Crippen LogP contribution in [0.1, 0.15) is 53.0 Å². The normalized spacial score (nSPS) is 18.4. The van der Waals surface area contributed by atoms with Crippen molar-refractivity contribution in [1.82, 2.24) is 0 Å². The summed E-state index contributed by atoms with van der Waals surface area (Å²) < 4.78 is 0. The van der Waals surface area contributed by atoms with Gasteiger partial charge in [0.1, 0.15) is 0 Å². The van der Waals surface area contributed by atoms with E-state index in [1.54, 1.807) is 0 Å². The molecule has 2 heteroatoms. The molecule has 0 aromatic heterocycles. The van der Waals surface area contributed by atoms with Crippen LogP contribution >= 0.6 is 0 Å². The van der Waals surface area contributed by atoms with Gasteiger partial charge in [0.2, 0.25) is 0 Å². The highest BCUT2D eigenvalue weighted by molar-refractivity contribution is 5.81. The van der Waals surface area contributed by atoms with Crippen molar-refractivity contribution in [1.29, 1.82) is 0 Å². The molecule has 11 rings (SSSR count). The Labute approximate surface area is 378 Å². The van der Waals surface area contributed by atoms with Gasteiger partial charge < -0.3 is 9.80 Å². The average Bonchev–Trinajstić information content (AvgIpc) is 3.38. The summed E-state index contributed by atoms with van der Waals surface area (Å²) in [6, 6.07) is 65.0. The van der Waals surface area contributed by atoms with Gasteiger partial charge in [-0.2, -0.15) is 0 Å². The second-order valence-electron chi connectivity index (χ2n) is 17.5. The van der Waals surface area contributed by atoms with E-state index in [0.717, 1.165) is 43.5 Å². The molecule has 7 aromatic carbocycles. The lowest BCUT2D eigenvalue weighted by molar-refractivity contribution is 0.624. The second kappa shape index (κ2) is 17.8. The second-order valence-corrected chi connectivity index (χ2v) is 17.5. The van der Waals surface area contributed by atoms with Crippen molar-refractivity contribution in [2.24, 2.45) is 5.92 Å². The van der Waals surface area contributed by atoms with E-state index in [9.17, 15) is 0 Å². The van der Waals surface area contributed by atoms with Crippen LogP contribution in [-0.4, -0.2) is 6.04 Å². The molecule has 310 valence electrons. The largest absolute Gasteiger partial charge is 0.334 e. The Morgan fingerprint density at radius 2 is 1.08 bits per heavy atom. The van der Waals surface area contributed by atoms with Gasteiger partial charge in [0, 0.05) is 45.8 Å². The average molecular weight is 825 g/mol. The lowest BCUT2D eigenvalue weighted by atomic mass is 9.75. The topological polar surface area (TPSA) is 6.48 Å². The van der Waals surface area contributed by atoms with Gasteiger partial charge in [0.05, 0.1) is 6.04 Å². The summed E-state index contributed by atoms with van der Waals surface area (Å²) in [6.45, 7) is 0. The molecule has 4 aliphatic rings. The van der Waals surface area contributed by atoms with Crippen LogP contribution in [0.3, 0.4) is 0 Å². The van der Waals surface area contributed by atoms with E-state index in [1.165, 1.54) is 72.7 Å². The molecule has 0 bridgehead atoms. The lowest BCUT2D eigenvalue weighted by Gasteiger charge is -2.36. The van der Waals surface area contributed by atoms with E-state index in [2.05, 4.69) is 246 Å². The Kier molecular flexibility index (Phi) is 10.9. The van der Waals surface area contributed by atoms with Crippen molar-refractivity contribution in [3.63, 3.8) is 0 Å². The van der Waals surface area contributed by atoms with E-state index in [-0.39, 0.29) is 17.9 Å². The first-order valence-electron chi connectivity index (χ1n) is 23.0. The molecule has 0 saturated heterocycles. The maximum atomic E-state index is 2.56. The van der Waals surface area contributed by atoms with Crippen LogP contribution < -0.4 is 9.80 Å². The summed E-state index contributed by atoms with van der Waals surface area (Å²) in [7, 11) is 0. The fourth-order valence-electron chi connectivity index (χ4n) is 10.3. The molecule has 0 spiro atoms. The fraction of sp³-hybridized carbons (Fsp3) is 0.129. The van der Waals surface area contributed by atoms with Gasteiger partial charge in [-0.15, -0.1) is 0 Å². The minimum Gasteiger partial charge on any atom is -0.334 e. The number of nitrogens with zero attached hydrogens (tertiary/aromatic N) is 2. The van der Waals surface area contributed by atoms with Crippen molar-refractivity contribution in [3.8, 4) is 22.3 Å². The van der Waals surface area contributed by atoms with Gasteiger partial charge >= 0.3 is 0 Å². The molecule has 3 atom stereocenters. The third-order valence-corrected chi connectivity index (χ3v) is 13.6. The number of benzene rings is 7. The third-order valence-electron chi connectivity index (χ3n) is 13.6. The first-order valence-corrected chi connectivity index (χ1v) is 23.0. The summed E-state index contributed by atoms with van der Waals surface area (Å²) in [4.78, 5) is 5.00. The maximum absolute atomic E-state index is 2.56. The Bertz CT molecular complexity index is 2950. The monoisotopic (exact) mass is 824 g/mol. The zero-order chi connectivity index (χ0) is 42.7. The summed E-state index contributed by atoms with van der Waals surface area (Å²) in [6.07, 6.45) is 28.9. The van der Waals surface area contributed by atoms with Crippen LogP contribution in [0.25, 0.3) is 34.4 Å². The Hall–Kier alpha value is -7.42. The summed E-state index contributed by atoms with van der Waals surface area (Å²) in [5.41, 5.74) is 19.1. The summed E-state index contributed by atoms with van der Waals surface area (Å²) in [5.74, 6) is 0.534. The van der Waals surface area contributed by atoms with Crippen molar-refractivity contribution in [2.45, 2.75) is 44.1 Å². The van der Waals surface area contributed by atoms with Gasteiger partial charge in [-0.05, 0) is 125 Å². The molecule has 0 fully saturated rings. The van der Waals surface area contributed by atoms with Crippen LogP contribution in [0.15, 0.2) is 236 Å². The number of hydrogen-bond donors (Lipinski definition) is 0. The molecule has 4 aliphatic carbocycles. The minimum atomic E-state index is 0.200. The van der Waals surface area contributed by atoms with Crippen LogP contribution in [-0.2, 0) is 12.8 Å². The molecule has 0 N–H and O–H groups in total. The number of hydrogen-bond acceptors (Lipinski definition) is 2. The number of rotatable bonds is 10.